The van der Waals surface area contributed by atoms with Crippen molar-refractivity contribution in [3.63, 3.8) is 0 Å². The zero-order valence-electron chi connectivity index (χ0n) is 17.0. The van der Waals surface area contributed by atoms with Crippen molar-refractivity contribution in [1.29, 1.82) is 0 Å². The van der Waals surface area contributed by atoms with E-state index in [1.165, 1.54) is 18.2 Å². The van der Waals surface area contributed by atoms with E-state index in [4.69, 9.17) is 16.3 Å². The molecule has 2 aromatic carbocycles. The summed E-state index contributed by atoms with van der Waals surface area (Å²) in [6.07, 6.45) is 1.57. The molecule has 0 aliphatic carbocycles. The van der Waals surface area contributed by atoms with Gasteiger partial charge in [0.25, 0.3) is 5.91 Å². The third-order valence-electron chi connectivity index (χ3n) is 5.29. The van der Waals surface area contributed by atoms with E-state index >= 15 is 0 Å². The Kier molecular flexibility index (Phi) is 6.29. The number of nitrogens with zero attached hydrogens (tertiary/aromatic N) is 2. The Hall–Kier alpha value is -2.46. The molecule has 8 nitrogen and oxygen atoms in total. The van der Waals surface area contributed by atoms with E-state index in [9.17, 15) is 13.2 Å². The smallest absolute Gasteiger partial charge is 0.251 e. The molecule has 10 heteroatoms. The number of ether oxygens (including phenoxy) is 1. The summed E-state index contributed by atoms with van der Waals surface area (Å²) in [5, 5.41) is 2.84. The molecule has 1 atom stereocenters. The largest absolute Gasteiger partial charge is 0.377 e. The Balaban J connectivity index is 1.47. The molecule has 1 saturated heterocycles. The number of carbonyl (C=O) groups is 1. The Bertz CT molecular complexity index is 1220. The minimum atomic E-state index is -3.88. The topological polar surface area (TPSA) is 102 Å². The summed E-state index contributed by atoms with van der Waals surface area (Å²) in [5.74, 6) is 0.272. The lowest BCUT2D eigenvalue weighted by atomic mass is 10.2. The van der Waals surface area contributed by atoms with Gasteiger partial charge in [-0.2, -0.15) is 0 Å². The maximum Gasteiger partial charge on any atom is 0.251 e. The highest BCUT2D eigenvalue weighted by Crippen LogP contribution is 2.23. The molecule has 0 spiro atoms. The van der Waals surface area contributed by atoms with Gasteiger partial charge in [0.15, 0.2) is 0 Å². The van der Waals surface area contributed by atoms with Crippen LogP contribution in [0.4, 0.5) is 0 Å². The van der Waals surface area contributed by atoms with Crippen molar-refractivity contribution >= 4 is 38.6 Å². The van der Waals surface area contributed by atoms with Gasteiger partial charge in [-0.3, -0.25) is 4.79 Å². The van der Waals surface area contributed by atoms with Crippen LogP contribution in [0.3, 0.4) is 0 Å². The fraction of sp³-hybridized carbons (Fsp3) is 0.333. The lowest BCUT2D eigenvalue weighted by Crippen LogP contribution is -2.32. The summed E-state index contributed by atoms with van der Waals surface area (Å²) in [6.45, 7) is 1.00. The molecule has 1 fully saturated rings. The molecule has 2 N–H and O–H groups in total. The number of halogens is 1. The van der Waals surface area contributed by atoms with Gasteiger partial charge in [0.05, 0.1) is 28.7 Å². The SMILES string of the molecule is Cn1c(CNC(=O)c2ccc(Cl)c(S(=O)(=O)NC[C@@H]3CCCO3)c2)nc2ccccc21. The van der Waals surface area contributed by atoms with Crippen LogP contribution in [0.5, 0.6) is 0 Å². The number of imidazole rings is 1. The first kappa shape index (κ1) is 21.8. The first-order valence-corrected chi connectivity index (χ1v) is 11.8. The van der Waals surface area contributed by atoms with Gasteiger partial charge in [-0.25, -0.2) is 18.1 Å². The number of aromatic nitrogens is 2. The second kappa shape index (κ2) is 8.96. The monoisotopic (exact) mass is 462 g/mol. The summed E-state index contributed by atoms with van der Waals surface area (Å²) in [6, 6.07) is 11.9. The molecular formula is C21H23ClN4O4S. The van der Waals surface area contributed by atoms with Crippen LogP contribution in [0.1, 0.15) is 29.0 Å². The molecule has 1 amide bonds. The number of rotatable bonds is 7. The number of sulfonamides is 1. The number of hydrogen-bond donors (Lipinski definition) is 2. The maximum atomic E-state index is 12.7. The van der Waals surface area contributed by atoms with Crippen LogP contribution in [0.25, 0.3) is 11.0 Å². The van der Waals surface area contributed by atoms with Gasteiger partial charge in [-0.1, -0.05) is 23.7 Å². The van der Waals surface area contributed by atoms with Gasteiger partial charge in [-0.05, 0) is 43.2 Å². The number of benzene rings is 2. The van der Waals surface area contributed by atoms with Crippen molar-refractivity contribution in [3.8, 4) is 0 Å². The third kappa shape index (κ3) is 4.74. The average Bonchev–Trinajstić information content (AvgIpc) is 3.39. The van der Waals surface area contributed by atoms with E-state index in [0.717, 1.165) is 23.9 Å². The molecule has 1 aliphatic heterocycles. The van der Waals surface area contributed by atoms with Gasteiger partial charge in [0.2, 0.25) is 10.0 Å². The quantitative estimate of drug-likeness (QED) is 0.562. The molecule has 4 rings (SSSR count). The van der Waals surface area contributed by atoms with Crippen LogP contribution >= 0.6 is 11.6 Å². The van der Waals surface area contributed by atoms with E-state index in [-0.39, 0.29) is 34.7 Å². The molecule has 2 heterocycles. The molecule has 1 aromatic heterocycles. The van der Waals surface area contributed by atoms with Gasteiger partial charge in [0.1, 0.15) is 10.7 Å². The number of fused-ring (bicyclic) bond motifs is 1. The van der Waals surface area contributed by atoms with Gasteiger partial charge in [0, 0.05) is 25.8 Å². The van der Waals surface area contributed by atoms with E-state index < -0.39 is 15.9 Å². The molecular weight excluding hydrogens is 440 g/mol. The molecule has 31 heavy (non-hydrogen) atoms. The highest BCUT2D eigenvalue weighted by molar-refractivity contribution is 7.89. The fourth-order valence-electron chi connectivity index (χ4n) is 3.55. The Morgan fingerprint density at radius 1 is 1.29 bits per heavy atom. The molecule has 3 aromatic rings. The van der Waals surface area contributed by atoms with Crippen LogP contribution < -0.4 is 10.0 Å². The second-order valence-electron chi connectivity index (χ2n) is 7.39. The first-order valence-electron chi connectivity index (χ1n) is 9.94. The van der Waals surface area contributed by atoms with Crippen molar-refractivity contribution in [2.45, 2.75) is 30.4 Å². The van der Waals surface area contributed by atoms with Crippen LogP contribution in [0.15, 0.2) is 47.4 Å². The highest BCUT2D eigenvalue weighted by Gasteiger charge is 2.23. The van der Waals surface area contributed by atoms with Gasteiger partial charge >= 0.3 is 0 Å². The van der Waals surface area contributed by atoms with Crippen molar-refractivity contribution in [2.24, 2.45) is 7.05 Å². The maximum absolute atomic E-state index is 12.7. The predicted molar refractivity (Wildman–Crippen MR) is 117 cm³/mol. The first-order chi connectivity index (χ1) is 14.8. The molecule has 0 saturated carbocycles. The zero-order chi connectivity index (χ0) is 22.0. The minimum Gasteiger partial charge on any atom is -0.377 e. The van der Waals surface area contributed by atoms with Crippen molar-refractivity contribution < 1.29 is 17.9 Å². The lowest BCUT2D eigenvalue weighted by Gasteiger charge is -2.13. The Morgan fingerprint density at radius 3 is 2.84 bits per heavy atom. The van der Waals surface area contributed by atoms with E-state index in [1.54, 1.807) is 0 Å². The highest BCUT2D eigenvalue weighted by atomic mass is 35.5. The van der Waals surface area contributed by atoms with Crippen LogP contribution in [-0.4, -0.2) is 43.1 Å². The minimum absolute atomic E-state index is 0.0479. The summed E-state index contributed by atoms with van der Waals surface area (Å²) in [4.78, 5) is 17.1. The van der Waals surface area contributed by atoms with Gasteiger partial charge < -0.3 is 14.6 Å². The molecule has 164 valence electrons. The standard InChI is InChI=1S/C21H23ClN4O4S/c1-26-18-7-3-2-6-17(18)25-20(26)13-23-21(27)14-8-9-16(22)19(11-14)31(28,29)24-12-15-5-4-10-30-15/h2-3,6-9,11,15,24H,4-5,10,12-13H2,1H3,(H,23,27)/t15-/m0/s1. The zero-order valence-corrected chi connectivity index (χ0v) is 18.5. The lowest BCUT2D eigenvalue weighted by molar-refractivity contribution is 0.0949. The Labute approximate surface area is 185 Å². The number of para-hydroxylation sites is 2. The van der Waals surface area contributed by atoms with E-state index in [0.29, 0.717) is 12.4 Å². The molecule has 0 unspecified atom stereocenters. The van der Waals surface area contributed by atoms with Crippen molar-refractivity contribution in [3.05, 3.63) is 58.9 Å². The van der Waals surface area contributed by atoms with E-state index in [1.807, 2.05) is 35.9 Å². The normalized spacial score (nSPS) is 16.6. The van der Waals surface area contributed by atoms with Crippen LogP contribution in [0.2, 0.25) is 5.02 Å². The number of nitrogens with one attached hydrogen (secondary N) is 2. The van der Waals surface area contributed by atoms with Crippen LogP contribution in [-0.2, 0) is 28.4 Å². The number of hydrogen-bond acceptors (Lipinski definition) is 5. The van der Waals surface area contributed by atoms with Crippen LogP contribution in [0, 0.1) is 0 Å². The average molecular weight is 463 g/mol. The second-order valence-corrected chi connectivity index (χ2v) is 9.53. The van der Waals surface area contributed by atoms with Crippen molar-refractivity contribution in [1.82, 2.24) is 19.6 Å². The molecule has 1 aliphatic rings. The summed E-state index contributed by atoms with van der Waals surface area (Å²) in [7, 11) is -2.01. The predicted octanol–water partition coefficient (Wildman–Crippen LogP) is 2.61. The van der Waals surface area contributed by atoms with E-state index in [2.05, 4.69) is 15.0 Å². The number of aryl methyl sites for hydroxylation is 1. The number of amides is 1. The Morgan fingerprint density at radius 2 is 2.10 bits per heavy atom. The van der Waals surface area contributed by atoms with Crippen molar-refractivity contribution in [2.75, 3.05) is 13.2 Å². The third-order valence-corrected chi connectivity index (χ3v) is 7.20. The summed E-state index contributed by atoms with van der Waals surface area (Å²) < 4.78 is 35.3. The number of carbonyl (C=O) groups excluding carboxylic acids is 1. The summed E-state index contributed by atoms with van der Waals surface area (Å²) >= 11 is 6.12. The fourth-order valence-corrected chi connectivity index (χ4v) is 5.14. The molecule has 0 radical (unpaired) electrons. The van der Waals surface area contributed by atoms with Gasteiger partial charge in [-0.15, -0.1) is 0 Å². The summed E-state index contributed by atoms with van der Waals surface area (Å²) in [5.41, 5.74) is 2.00. The molecule has 0 bridgehead atoms.